The molecule has 0 aliphatic heterocycles. The molecule has 2 aromatic carbocycles. The molecule has 6 heteroatoms. The summed E-state index contributed by atoms with van der Waals surface area (Å²) in [6.07, 6.45) is 0. The van der Waals surface area contributed by atoms with E-state index in [0.29, 0.717) is 29.1 Å². The standard InChI is InChI=1S/C15H14BrFN2O2/c16-12-5-2-6-13(17)14(12)15(20)19-10-3-1-4-11(9-10)21-8-7-18/h1-6,9H,7-8,18H2,(H,19,20). The number of halogens is 2. The Kier molecular flexibility index (Phi) is 5.30. The van der Waals surface area contributed by atoms with Crippen LogP contribution in [0.25, 0.3) is 0 Å². The minimum Gasteiger partial charge on any atom is -0.492 e. The van der Waals surface area contributed by atoms with Crippen LogP contribution in [0.4, 0.5) is 10.1 Å². The summed E-state index contributed by atoms with van der Waals surface area (Å²) < 4.78 is 19.5. The van der Waals surface area contributed by atoms with E-state index < -0.39 is 11.7 Å². The monoisotopic (exact) mass is 352 g/mol. The molecule has 4 nitrogen and oxygen atoms in total. The van der Waals surface area contributed by atoms with Gasteiger partial charge in [0.25, 0.3) is 5.91 Å². The molecule has 0 aliphatic carbocycles. The number of ether oxygens (including phenoxy) is 1. The fourth-order valence-corrected chi connectivity index (χ4v) is 2.27. The molecule has 3 N–H and O–H groups in total. The van der Waals surface area contributed by atoms with Crippen molar-refractivity contribution in [1.82, 2.24) is 0 Å². The molecule has 0 aromatic heterocycles. The van der Waals surface area contributed by atoms with Crippen molar-refractivity contribution in [3.63, 3.8) is 0 Å². The summed E-state index contributed by atoms with van der Waals surface area (Å²) in [5.41, 5.74) is 5.84. The topological polar surface area (TPSA) is 64.3 Å². The van der Waals surface area contributed by atoms with Gasteiger partial charge < -0.3 is 15.8 Å². The van der Waals surface area contributed by atoms with Gasteiger partial charge in [-0.15, -0.1) is 0 Å². The fourth-order valence-electron chi connectivity index (χ4n) is 1.75. The molecule has 0 radical (unpaired) electrons. The lowest BCUT2D eigenvalue weighted by atomic mass is 10.2. The van der Waals surface area contributed by atoms with Gasteiger partial charge in [0.2, 0.25) is 0 Å². The van der Waals surface area contributed by atoms with Gasteiger partial charge in [0.15, 0.2) is 0 Å². The van der Waals surface area contributed by atoms with Crippen LogP contribution < -0.4 is 15.8 Å². The molecular formula is C15H14BrFN2O2. The Morgan fingerprint density at radius 1 is 1.29 bits per heavy atom. The molecule has 1 amide bonds. The fraction of sp³-hybridized carbons (Fsp3) is 0.133. The maximum atomic E-state index is 13.7. The van der Waals surface area contributed by atoms with Crippen molar-refractivity contribution in [1.29, 1.82) is 0 Å². The summed E-state index contributed by atoms with van der Waals surface area (Å²) in [5, 5.41) is 2.64. The van der Waals surface area contributed by atoms with Gasteiger partial charge in [-0.1, -0.05) is 12.1 Å². The average molecular weight is 353 g/mol. The first-order chi connectivity index (χ1) is 10.1. The van der Waals surface area contributed by atoms with Crippen LogP contribution in [0.1, 0.15) is 10.4 Å². The molecule has 0 heterocycles. The van der Waals surface area contributed by atoms with Crippen molar-refractivity contribution in [2.45, 2.75) is 0 Å². The molecule has 2 rings (SSSR count). The van der Waals surface area contributed by atoms with Gasteiger partial charge in [-0.3, -0.25) is 4.79 Å². The smallest absolute Gasteiger partial charge is 0.259 e. The number of benzene rings is 2. The van der Waals surface area contributed by atoms with E-state index in [1.807, 2.05) is 0 Å². The predicted octanol–water partition coefficient (Wildman–Crippen LogP) is 3.18. The van der Waals surface area contributed by atoms with Gasteiger partial charge in [0.05, 0.1) is 5.56 Å². The molecule has 0 fully saturated rings. The maximum Gasteiger partial charge on any atom is 0.259 e. The summed E-state index contributed by atoms with van der Waals surface area (Å²) >= 11 is 3.17. The van der Waals surface area contributed by atoms with Crippen LogP contribution in [0.15, 0.2) is 46.9 Å². The van der Waals surface area contributed by atoms with E-state index in [2.05, 4.69) is 21.2 Å². The lowest BCUT2D eigenvalue weighted by Crippen LogP contribution is -2.15. The van der Waals surface area contributed by atoms with E-state index in [0.717, 1.165) is 0 Å². The summed E-state index contributed by atoms with van der Waals surface area (Å²) in [7, 11) is 0. The Labute approximate surface area is 130 Å². The summed E-state index contributed by atoms with van der Waals surface area (Å²) in [6.45, 7) is 0.787. The number of carbonyl (C=O) groups excluding carboxylic acids is 1. The minimum absolute atomic E-state index is 0.0363. The molecule has 0 unspecified atom stereocenters. The van der Waals surface area contributed by atoms with Crippen LogP contribution in [0.2, 0.25) is 0 Å². The number of amides is 1. The molecule has 0 spiro atoms. The Hall–Kier alpha value is -1.92. The largest absolute Gasteiger partial charge is 0.492 e. The highest BCUT2D eigenvalue weighted by Gasteiger charge is 2.15. The molecule has 0 aliphatic rings. The Balaban J connectivity index is 2.16. The van der Waals surface area contributed by atoms with Crippen LogP contribution in [-0.2, 0) is 0 Å². The molecule has 2 aromatic rings. The van der Waals surface area contributed by atoms with Crippen molar-refractivity contribution in [2.75, 3.05) is 18.5 Å². The third-order valence-electron chi connectivity index (χ3n) is 2.67. The van der Waals surface area contributed by atoms with Gasteiger partial charge >= 0.3 is 0 Å². The van der Waals surface area contributed by atoms with Gasteiger partial charge in [-0.05, 0) is 40.2 Å². The zero-order valence-electron chi connectivity index (χ0n) is 11.1. The van der Waals surface area contributed by atoms with E-state index in [1.54, 1.807) is 30.3 Å². The van der Waals surface area contributed by atoms with E-state index in [9.17, 15) is 9.18 Å². The predicted molar refractivity (Wildman–Crippen MR) is 83.0 cm³/mol. The van der Waals surface area contributed by atoms with Crippen molar-refractivity contribution in [3.8, 4) is 5.75 Å². The molecule has 21 heavy (non-hydrogen) atoms. The van der Waals surface area contributed by atoms with Crippen molar-refractivity contribution >= 4 is 27.5 Å². The lowest BCUT2D eigenvalue weighted by molar-refractivity contribution is 0.102. The zero-order chi connectivity index (χ0) is 15.2. The van der Waals surface area contributed by atoms with Crippen molar-refractivity contribution in [2.24, 2.45) is 5.73 Å². The number of anilines is 1. The molecule has 0 bridgehead atoms. The third-order valence-corrected chi connectivity index (χ3v) is 3.33. The zero-order valence-corrected chi connectivity index (χ0v) is 12.7. The summed E-state index contributed by atoms with van der Waals surface area (Å²) in [5.74, 6) is -0.529. The normalized spacial score (nSPS) is 10.2. The van der Waals surface area contributed by atoms with E-state index in [1.165, 1.54) is 12.1 Å². The van der Waals surface area contributed by atoms with Crippen LogP contribution in [-0.4, -0.2) is 19.1 Å². The number of rotatable bonds is 5. The van der Waals surface area contributed by atoms with Gasteiger partial charge in [0, 0.05) is 22.8 Å². The maximum absolute atomic E-state index is 13.7. The molecule has 0 saturated heterocycles. The minimum atomic E-state index is -0.586. The van der Waals surface area contributed by atoms with Gasteiger partial charge in [-0.2, -0.15) is 0 Å². The second-order valence-electron chi connectivity index (χ2n) is 4.22. The summed E-state index contributed by atoms with van der Waals surface area (Å²) in [6, 6.07) is 11.2. The van der Waals surface area contributed by atoms with Crippen molar-refractivity contribution < 1.29 is 13.9 Å². The Morgan fingerprint density at radius 2 is 2.05 bits per heavy atom. The molecule has 0 saturated carbocycles. The third kappa shape index (κ3) is 4.03. The SMILES string of the molecule is NCCOc1cccc(NC(=O)c2c(F)cccc2Br)c1. The van der Waals surface area contributed by atoms with Crippen LogP contribution in [0, 0.1) is 5.82 Å². The van der Waals surface area contributed by atoms with E-state index in [-0.39, 0.29) is 5.56 Å². The first-order valence-electron chi connectivity index (χ1n) is 6.30. The highest BCUT2D eigenvalue weighted by atomic mass is 79.9. The molecule has 0 atom stereocenters. The number of hydrogen-bond donors (Lipinski definition) is 2. The number of nitrogens with two attached hydrogens (primary N) is 1. The second-order valence-corrected chi connectivity index (χ2v) is 5.07. The first-order valence-corrected chi connectivity index (χ1v) is 7.09. The van der Waals surface area contributed by atoms with Gasteiger partial charge in [-0.25, -0.2) is 4.39 Å². The quantitative estimate of drug-likeness (QED) is 0.868. The van der Waals surface area contributed by atoms with Gasteiger partial charge in [0.1, 0.15) is 18.2 Å². The van der Waals surface area contributed by atoms with Crippen molar-refractivity contribution in [3.05, 3.63) is 58.3 Å². The van der Waals surface area contributed by atoms with Crippen LogP contribution >= 0.6 is 15.9 Å². The first kappa shape index (κ1) is 15.5. The van der Waals surface area contributed by atoms with E-state index in [4.69, 9.17) is 10.5 Å². The highest BCUT2D eigenvalue weighted by molar-refractivity contribution is 9.10. The summed E-state index contributed by atoms with van der Waals surface area (Å²) in [4.78, 5) is 12.1. The van der Waals surface area contributed by atoms with Crippen LogP contribution in [0.5, 0.6) is 5.75 Å². The molecule has 110 valence electrons. The van der Waals surface area contributed by atoms with E-state index >= 15 is 0 Å². The Bertz CT molecular complexity index is 629. The number of carbonyl (C=O) groups is 1. The number of nitrogens with one attached hydrogen (secondary N) is 1. The second kappa shape index (κ2) is 7.19. The van der Waals surface area contributed by atoms with Crippen LogP contribution in [0.3, 0.4) is 0 Å². The highest BCUT2D eigenvalue weighted by Crippen LogP contribution is 2.22. The molecular weight excluding hydrogens is 339 g/mol. The number of hydrogen-bond acceptors (Lipinski definition) is 3. The Morgan fingerprint density at radius 3 is 2.76 bits per heavy atom. The lowest BCUT2D eigenvalue weighted by Gasteiger charge is -2.10. The average Bonchev–Trinajstić information content (AvgIpc) is 2.45.